The number of ketones is 2. The molecule has 1 aromatic carbocycles. The molecule has 7 heteroatoms. The van der Waals surface area contributed by atoms with Gasteiger partial charge in [0.15, 0.2) is 0 Å². The highest BCUT2D eigenvalue weighted by molar-refractivity contribution is 6.43. The fraction of sp³-hybridized carbons (Fsp3) is 0.100. The van der Waals surface area contributed by atoms with Crippen molar-refractivity contribution in [3.8, 4) is 0 Å². The third-order valence-corrected chi connectivity index (χ3v) is 3.84. The van der Waals surface area contributed by atoms with E-state index in [2.05, 4.69) is 4.98 Å². The number of carbonyl (C=O) groups is 3. The molecule has 3 rings (SSSR count). The van der Waals surface area contributed by atoms with Gasteiger partial charge in [0.1, 0.15) is 23.0 Å². The zero-order chi connectivity index (χ0) is 19.4. The van der Waals surface area contributed by atoms with Gasteiger partial charge in [0, 0.05) is 12.6 Å². The minimum absolute atomic E-state index is 0.0736. The van der Waals surface area contributed by atoms with Crippen LogP contribution in [0.5, 0.6) is 0 Å². The first-order valence-electron chi connectivity index (χ1n) is 8.01. The molecule has 0 saturated heterocycles. The zero-order valence-corrected chi connectivity index (χ0v) is 14.0. The quantitative estimate of drug-likeness (QED) is 0.509. The number of benzene rings is 1. The van der Waals surface area contributed by atoms with Crippen molar-refractivity contribution in [1.82, 2.24) is 4.98 Å². The van der Waals surface area contributed by atoms with Gasteiger partial charge in [0.25, 0.3) is 0 Å². The molecule has 0 aliphatic heterocycles. The number of rotatable bonds is 7. The summed E-state index contributed by atoms with van der Waals surface area (Å²) in [6.07, 6.45) is 1.22. The van der Waals surface area contributed by atoms with Crippen molar-refractivity contribution in [2.75, 3.05) is 0 Å². The van der Waals surface area contributed by atoms with Crippen molar-refractivity contribution >= 4 is 17.5 Å². The molecular formula is C20H14FNO5. The number of aromatic carboxylic acids is 1. The lowest BCUT2D eigenvalue weighted by Gasteiger charge is -2.00. The predicted octanol–water partition coefficient (Wildman–Crippen LogP) is 3.10. The largest absolute Gasteiger partial charge is 0.478 e. The Hall–Kier alpha value is -3.61. The lowest BCUT2D eigenvalue weighted by atomic mass is 10.1. The highest BCUT2D eigenvalue weighted by Crippen LogP contribution is 2.15. The van der Waals surface area contributed by atoms with Gasteiger partial charge in [-0.05, 0) is 42.0 Å². The van der Waals surface area contributed by atoms with E-state index in [9.17, 15) is 18.8 Å². The number of halogens is 1. The molecular weight excluding hydrogens is 353 g/mol. The van der Waals surface area contributed by atoms with Crippen LogP contribution in [-0.4, -0.2) is 27.6 Å². The number of aromatic nitrogens is 1. The molecule has 0 atom stereocenters. The standard InChI is InChI=1S/C20H14FNO5/c21-14-4-1-12(2-5-14)9-15-6-7-16(27-15)10-18(23)19(24)17-8-3-13(11-22-17)20(25)26/h1-8,11H,9-10H2,(H,25,26). The number of carboxylic acid groups (broad SMARTS) is 1. The van der Waals surface area contributed by atoms with Crippen LogP contribution in [0.2, 0.25) is 0 Å². The Morgan fingerprint density at radius 3 is 2.30 bits per heavy atom. The Labute approximate surface area is 153 Å². The maximum Gasteiger partial charge on any atom is 0.337 e. The van der Waals surface area contributed by atoms with Crippen molar-refractivity contribution in [2.24, 2.45) is 0 Å². The molecule has 0 unspecified atom stereocenters. The zero-order valence-electron chi connectivity index (χ0n) is 14.0. The number of carboxylic acids is 1. The first-order chi connectivity index (χ1) is 12.9. The molecule has 6 nitrogen and oxygen atoms in total. The average molecular weight is 367 g/mol. The summed E-state index contributed by atoms with van der Waals surface area (Å²) in [4.78, 5) is 38.8. The highest BCUT2D eigenvalue weighted by Gasteiger charge is 2.20. The van der Waals surface area contributed by atoms with E-state index in [1.165, 1.54) is 24.3 Å². The molecule has 0 fully saturated rings. The van der Waals surface area contributed by atoms with Gasteiger partial charge in [-0.3, -0.25) is 14.6 Å². The molecule has 0 radical (unpaired) electrons. The van der Waals surface area contributed by atoms with E-state index < -0.39 is 17.5 Å². The van der Waals surface area contributed by atoms with Crippen LogP contribution in [0, 0.1) is 5.82 Å². The van der Waals surface area contributed by atoms with Crippen LogP contribution in [0.3, 0.4) is 0 Å². The molecule has 1 N–H and O–H groups in total. The second-order valence-corrected chi connectivity index (χ2v) is 5.84. The molecule has 0 spiro atoms. The summed E-state index contributed by atoms with van der Waals surface area (Å²) in [5, 5.41) is 8.82. The van der Waals surface area contributed by atoms with E-state index in [4.69, 9.17) is 9.52 Å². The fourth-order valence-corrected chi connectivity index (χ4v) is 2.45. The van der Waals surface area contributed by atoms with Crippen molar-refractivity contribution in [1.29, 1.82) is 0 Å². The van der Waals surface area contributed by atoms with E-state index in [1.54, 1.807) is 24.3 Å². The third kappa shape index (κ3) is 4.52. The minimum Gasteiger partial charge on any atom is -0.478 e. The van der Waals surface area contributed by atoms with Gasteiger partial charge < -0.3 is 9.52 Å². The third-order valence-electron chi connectivity index (χ3n) is 3.84. The molecule has 0 saturated carbocycles. The topological polar surface area (TPSA) is 97.5 Å². The van der Waals surface area contributed by atoms with Crippen LogP contribution in [-0.2, 0) is 17.6 Å². The molecule has 0 aliphatic rings. The van der Waals surface area contributed by atoms with Crippen LogP contribution in [0.4, 0.5) is 4.39 Å². The van der Waals surface area contributed by atoms with Gasteiger partial charge in [-0.1, -0.05) is 12.1 Å². The van der Waals surface area contributed by atoms with Crippen molar-refractivity contribution in [3.63, 3.8) is 0 Å². The lowest BCUT2D eigenvalue weighted by Crippen LogP contribution is -2.18. The summed E-state index contributed by atoms with van der Waals surface area (Å²) in [6, 6.07) is 11.7. The Bertz CT molecular complexity index is 990. The number of hydrogen-bond acceptors (Lipinski definition) is 5. The van der Waals surface area contributed by atoms with Crippen LogP contribution in [0.15, 0.2) is 59.1 Å². The Balaban J connectivity index is 1.63. The van der Waals surface area contributed by atoms with Gasteiger partial charge in [-0.25, -0.2) is 9.18 Å². The molecule has 0 aliphatic carbocycles. The van der Waals surface area contributed by atoms with E-state index in [0.29, 0.717) is 17.9 Å². The molecule has 27 heavy (non-hydrogen) atoms. The maximum absolute atomic E-state index is 12.9. The monoisotopic (exact) mass is 367 g/mol. The second kappa shape index (κ2) is 7.74. The molecule has 136 valence electrons. The van der Waals surface area contributed by atoms with Gasteiger partial charge in [0.2, 0.25) is 11.6 Å². The first-order valence-corrected chi connectivity index (χ1v) is 8.01. The SMILES string of the molecule is O=C(Cc1ccc(Cc2ccc(F)cc2)o1)C(=O)c1ccc(C(=O)O)cn1. The van der Waals surface area contributed by atoms with Crippen molar-refractivity contribution in [2.45, 2.75) is 12.8 Å². The minimum atomic E-state index is -1.17. The van der Waals surface area contributed by atoms with Crippen molar-refractivity contribution in [3.05, 3.63) is 88.9 Å². The van der Waals surface area contributed by atoms with E-state index >= 15 is 0 Å². The summed E-state index contributed by atoms with van der Waals surface area (Å²) in [5.41, 5.74) is 0.654. The Morgan fingerprint density at radius 1 is 0.963 bits per heavy atom. The van der Waals surface area contributed by atoms with Crippen LogP contribution >= 0.6 is 0 Å². The maximum atomic E-state index is 12.9. The first kappa shape index (κ1) is 18.2. The number of furan rings is 1. The van der Waals surface area contributed by atoms with E-state index in [1.807, 2.05) is 0 Å². The van der Waals surface area contributed by atoms with Gasteiger partial charge in [-0.15, -0.1) is 0 Å². The van der Waals surface area contributed by atoms with Gasteiger partial charge in [0.05, 0.1) is 12.0 Å². The lowest BCUT2D eigenvalue weighted by molar-refractivity contribution is -0.114. The Kier molecular flexibility index (Phi) is 5.21. The predicted molar refractivity (Wildman–Crippen MR) is 92.2 cm³/mol. The number of pyridine rings is 1. The smallest absolute Gasteiger partial charge is 0.337 e. The normalized spacial score (nSPS) is 10.6. The summed E-state index contributed by atoms with van der Waals surface area (Å²) < 4.78 is 18.5. The molecule has 0 bridgehead atoms. The van der Waals surface area contributed by atoms with E-state index in [-0.39, 0.29) is 23.5 Å². The summed E-state index contributed by atoms with van der Waals surface area (Å²) in [6.45, 7) is 0. The summed E-state index contributed by atoms with van der Waals surface area (Å²) in [5.74, 6) is -2.12. The number of Topliss-reactive ketones (excluding diaryl/α,β-unsaturated/α-hetero) is 2. The molecule has 0 amide bonds. The molecule has 2 heterocycles. The highest BCUT2D eigenvalue weighted by atomic mass is 19.1. The summed E-state index contributed by atoms with van der Waals surface area (Å²) >= 11 is 0. The van der Waals surface area contributed by atoms with Crippen LogP contribution in [0.1, 0.15) is 37.9 Å². The Morgan fingerprint density at radius 2 is 1.67 bits per heavy atom. The summed E-state index contributed by atoms with van der Waals surface area (Å²) in [7, 11) is 0. The fourth-order valence-electron chi connectivity index (χ4n) is 2.45. The number of nitrogens with zero attached hydrogens (tertiary/aromatic N) is 1. The van der Waals surface area contributed by atoms with Crippen LogP contribution in [0.25, 0.3) is 0 Å². The van der Waals surface area contributed by atoms with Gasteiger partial charge in [-0.2, -0.15) is 0 Å². The van der Waals surface area contributed by atoms with Crippen molar-refractivity contribution < 1.29 is 28.3 Å². The van der Waals surface area contributed by atoms with E-state index in [0.717, 1.165) is 11.8 Å². The van der Waals surface area contributed by atoms with Crippen LogP contribution < -0.4 is 0 Å². The molecule has 3 aromatic rings. The number of hydrogen-bond donors (Lipinski definition) is 1. The molecule has 2 aromatic heterocycles. The van der Waals surface area contributed by atoms with Gasteiger partial charge >= 0.3 is 5.97 Å². The second-order valence-electron chi connectivity index (χ2n) is 5.84. The average Bonchev–Trinajstić information content (AvgIpc) is 3.09. The number of carbonyl (C=O) groups excluding carboxylic acids is 2.